The van der Waals surface area contributed by atoms with Gasteiger partial charge in [-0.1, -0.05) is 13.0 Å². The van der Waals surface area contributed by atoms with Crippen LogP contribution in [-0.4, -0.2) is 18.5 Å². The third-order valence-corrected chi connectivity index (χ3v) is 3.01. The van der Waals surface area contributed by atoms with Crippen molar-refractivity contribution in [2.75, 3.05) is 6.54 Å². The Balaban J connectivity index is 2.53. The molecule has 0 aromatic heterocycles. The van der Waals surface area contributed by atoms with Gasteiger partial charge in [0.15, 0.2) is 0 Å². The third kappa shape index (κ3) is 4.72. The molecule has 2 N–H and O–H groups in total. The van der Waals surface area contributed by atoms with E-state index in [4.69, 9.17) is 5.26 Å². The number of carbonyl (C=O) groups is 1. The second-order valence-electron chi connectivity index (χ2n) is 4.65. The summed E-state index contributed by atoms with van der Waals surface area (Å²) in [7, 11) is 0. The molecule has 0 aliphatic heterocycles. The molecule has 1 amide bonds. The van der Waals surface area contributed by atoms with Crippen LogP contribution in [-0.2, 0) is 11.3 Å². The van der Waals surface area contributed by atoms with Gasteiger partial charge in [-0.25, -0.2) is 0 Å². The predicted molar refractivity (Wildman–Crippen MR) is 75.5 cm³/mol. The topological polar surface area (TPSA) is 64.9 Å². The molecule has 0 spiro atoms. The third-order valence-electron chi connectivity index (χ3n) is 3.01. The van der Waals surface area contributed by atoms with Gasteiger partial charge in [0, 0.05) is 13.1 Å². The number of rotatable bonds is 6. The lowest BCUT2D eigenvalue weighted by Crippen LogP contribution is -2.42. The fourth-order valence-corrected chi connectivity index (χ4v) is 1.72. The molecule has 0 heterocycles. The quantitative estimate of drug-likeness (QED) is 0.819. The number of nitrogens with one attached hydrogen (secondary N) is 2. The van der Waals surface area contributed by atoms with Gasteiger partial charge in [-0.05, 0) is 43.5 Å². The Labute approximate surface area is 114 Å². The van der Waals surface area contributed by atoms with Gasteiger partial charge in [-0.15, -0.1) is 0 Å². The molecule has 19 heavy (non-hydrogen) atoms. The number of amides is 1. The first-order valence-corrected chi connectivity index (χ1v) is 6.59. The summed E-state index contributed by atoms with van der Waals surface area (Å²) >= 11 is 0. The summed E-state index contributed by atoms with van der Waals surface area (Å²) in [6.45, 7) is 7.18. The van der Waals surface area contributed by atoms with Gasteiger partial charge in [0.05, 0.1) is 17.7 Å². The number of benzene rings is 1. The van der Waals surface area contributed by atoms with Gasteiger partial charge in [-0.2, -0.15) is 5.26 Å². The van der Waals surface area contributed by atoms with Gasteiger partial charge in [0.2, 0.25) is 5.91 Å². The van der Waals surface area contributed by atoms with Crippen LogP contribution in [0, 0.1) is 18.3 Å². The number of nitrogens with zero attached hydrogens (tertiary/aromatic N) is 1. The van der Waals surface area contributed by atoms with Crippen molar-refractivity contribution in [1.82, 2.24) is 10.6 Å². The maximum absolute atomic E-state index is 11.7. The fourth-order valence-electron chi connectivity index (χ4n) is 1.72. The summed E-state index contributed by atoms with van der Waals surface area (Å²) < 4.78 is 0. The molecule has 102 valence electrons. The molecule has 0 saturated carbocycles. The van der Waals surface area contributed by atoms with Crippen LogP contribution >= 0.6 is 0 Å². The monoisotopic (exact) mass is 259 g/mol. The zero-order valence-corrected chi connectivity index (χ0v) is 11.8. The van der Waals surface area contributed by atoms with Crippen molar-refractivity contribution in [3.63, 3.8) is 0 Å². The van der Waals surface area contributed by atoms with E-state index in [0.29, 0.717) is 18.7 Å². The molecule has 1 atom stereocenters. The van der Waals surface area contributed by atoms with Crippen molar-refractivity contribution in [1.29, 1.82) is 5.26 Å². The molecule has 0 radical (unpaired) electrons. The van der Waals surface area contributed by atoms with Crippen LogP contribution in [0.3, 0.4) is 0 Å². The number of nitriles is 1. The first-order valence-electron chi connectivity index (χ1n) is 6.59. The lowest BCUT2D eigenvalue weighted by Gasteiger charge is -2.14. The zero-order chi connectivity index (χ0) is 14.3. The van der Waals surface area contributed by atoms with Crippen LogP contribution in [0.25, 0.3) is 0 Å². The lowest BCUT2D eigenvalue weighted by molar-refractivity contribution is -0.122. The van der Waals surface area contributed by atoms with Gasteiger partial charge in [-0.3, -0.25) is 4.79 Å². The highest BCUT2D eigenvalue weighted by molar-refractivity contribution is 5.81. The smallest absolute Gasteiger partial charge is 0.236 e. The minimum absolute atomic E-state index is 0.0214. The average molecular weight is 259 g/mol. The Bertz CT molecular complexity index is 477. The number of aryl methyl sites for hydroxylation is 1. The number of hydrogen-bond acceptors (Lipinski definition) is 3. The largest absolute Gasteiger partial charge is 0.355 e. The minimum Gasteiger partial charge on any atom is -0.355 e. The van der Waals surface area contributed by atoms with E-state index in [2.05, 4.69) is 16.7 Å². The molecule has 4 heteroatoms. The second-order valence-corrected chi connectivity index (χ2v) is 4.65. The highest BCUT2D eigenvalue weighted by atomic mass is 16.2. The molecular weight excluding hydrogens is 238 g/mol. The summed E-state index contributed by atoms with van der Waals surface area (Å²) in [5.74, 6) is 0.0214. The van der Waals surface area contributed by atoms with Gasteiger partial charge in [0.25, 0.3) is 0 Å². The maximum Gasteiger partial charge on any atom is 0.236 e. The Kier molecular flexibility index (Phi) is 6.04. The predicted octanol–water partition coefficient (Wildman–Crippen LogP) is 1.87. The van der Waals surface area contributed by atoms with E-state index >= 15 is 0 Å². The average Bonchev–Trinajstić information content (AvgIpc) is 2.42. The second kappa shape index (κ2) is 7.55. The van der Waals surface area contributed by atoms with E-state index in [1.165, 1.54) is 0 Å². The van der Waals surface area contributed by atoms with Crippen molar-refractivity contribution < 1.29 is 4.79 Å². The first-order chi connectivity index (χ1) is 9.08. The molecule has 0 fully saturated rings. The normalized spacial score (nSPS) is 11.7. The van der Waals surface area contributed by atoms with Crippen LogP contribution in [0.5, 0.6) is 0 Å². The fraction of sp³-hybridized carbons (Fsp3) is 0.467. The first kappa shape index (κ1) is 15.2. The lowest BCUT2D eigenvalue weighted by atomic mass is 10.1. The van der Waals surface area contributed by atoms with E-state index in [1.807, 2.05) is 32.9 Å². The zero-order valence-electron chi connectivity index (χ0n) is 11.8. The minimum atomic E-state index is -0.221. The molecule has 0 aliphatic carbocycles. The van der Waals surface area contributed by atoms with Gasteiger partial charge >= 0.3 is 0 Å². The van der Waals surface area contributed by atoms with Crippen molar-refractivity contribution in [3.8, 4) is 6.07 Å². The van der Waals surface area contributed by atoms with Crippen molar-refractivity contribution in [3.05, 3.63) is 34.9 Å². The molecule has 0 bridgehead atoms. The van der Waals surface area contributed by atoms with Crippen LogP contribution in [0.4, 0.5) is 0 Å². The summed E-state index contributed by atoms with van der Waals surface area (Å²) in [5.41, 5.74) is 2.83. The summed E-state index contributed by atoms with van der Waals surface area (Å²) in [4.78, 5) is 11.7. The Morgan fingerprint density at radius 3 is 2.79 bits per heavy atom. The molecule has 1 aromatic rings. The molecular formula is C15H21N3O. The highest BCUT2D eigenvalue weighted by Gasteiger charge is 2.11. The molecule has 1 rings (SSSR count). The van der Waals surface area contributed by atoms with E-state index < -0.39 is 0 Å². The summed E-state index contributed by atoms with van der Waals surface area (Å²) in [6, 6.07) is 7.48. The Hall–Kier alpha value is -1.86. The van der Waals surface area contributed by atoms with E-state index in [1.54, 1.807) is 6.07 Å². The Morgan fingerprint density at radius 1 is 1.47 bits per heavy atom. The molecule has 0 aliphatic rings. The summed E-state index contributed by atoms with van der Waals surface area (Å²) in [6.07, 6.45) is 0.938. The SMILES string of the molecule is CCCNC(=O)C(C)NCc1ccc(C#N)cc1C. The highest BCUT2D eigenvalue weighted by Crippen LogP contribution is 2.10. The maximum atomic E-state index is 11.7. The van der Waals surface area contributed by atoms with Crippen molar-refractivity contribution >= 4 is 5.91 Å². The van der Waals surface area contributed by atoms with E-state index in [0.717, 1.165) is 17.5 Å². The molecule has 1 unspecified atom stereocenters. The van der Waals surface area contributed by atoms with Crippen LogP contribution in [0.15, 0.2) is 18.2 Å². The van der Waals surface area contributed by atoms with Crippen LogP contribution in [0.2, 0.25) is 0 Å². The molecule has 4 nitrogen and oxygen atoms in total. The summed E-state index contributed by atoms with van der Waals surface area (Å²) in [5, 5.41) is 14.9. The number of carbonyl (C=O) groups excluding carboxylic acids is 1. The van der Waals surface area contributed by atoms with Gasteiger partial charge < -0.3 is 10.6 Å². The van der Waals surface area contributed by atoms with E-state index in [9.17, 15) is 4.79 Å². The molecule has 1 aromatic carbocycles. The Morgan fingerprint density at radius 2 is 2.21 bits per heavy atom. The standard InChI is InChI=1S/C15H21N3O/c1-4-7-17-15(19)12(3)18-10-14-6-5-13(9-16)8-11(14)2/h5-6,8,12,18H,4,7,10H2,1-3H3,(H,17,19). The van der Waals surface area contributed by atoms with Crippen molar-refractivity contribution in [2.24, 2.45) is 0 Å². The molecule has 0 saturated heterocycles. The van der Waals surface area contributed by atoms with Gasteiger partial charge in [0.1, 0.15) is 0 Å². The van der Waals surface area contributed by atoms with Crippen LogP contribution in [0.1, 0.15) is 37.0 Å². The number of hydrogen-bond donors (Lipinski definition) is 2. The van der Waals surface area contributed by atoms with E-state index in [-0.39, 0.29) is 11.9 Å². The van der Waals surface area contributed by atoms with Crippen LogP contribution < -0.4 is 10.6 Å². The van der Waals surface area contributed by atoms with Crippen molar-refractivity contribution in [2.45, 2.75) is 39.8 Å².